The van der Waals surface area contributed by atoms with E-state index in [0.717, 1.165) is 0 Å². The molecule has 4 nitrogen and oxygen atoms in total. The lowest BCUT2D eigenvalue weighted by molar-refractivity contribution is 0.208. The minimum atomic E-state index is -1.05. The molecule has 1 heterocycles. The summed E-state index contributed by atoms with van der Waals surface area (Å²) in [5.41, 5.74) is 0.785. The molecule has 0 bridgehead atoms. The molecule has 0 aliphatic heterocycles. The maximum absolute atomic E-state index is 10.4. The van der Waals surface area contributed by atoms with Gasteiger partial charge in [-0.15, -0.1) is 0 Å². The topological polar surface area (TPSA) is 55.2 Å². The predicted octanol–water partition coefficient (Wildman–Crippen LogP) is 3.43. The summed E-state index contributed by atoms with van der Waals surface area (Å²) in [6.07, 6.45) is 3.43. The molecule has 1 aromatic heterocycles. The summed E-state index contributed by atoms with van der Waals surface area (Å²) in [5.74, 6) is 0.436. The standard InChI is InChI=1S/C14H12Cl2N2O2/c1-2-7-20-11-4-3-9(15)13(16)12(11)14(19)10-5-6-17-8-18-10/h2-6,8,14,19H,1,7H2. The van der Waals surface area contributed by atoms with Crippen LogP contribution in [-0.4, -0.2) is 21.7 Å². The average Bonchev–Trinajstić information content (AvgIpc) is 2.48. The summed E-state index contributed by atoms with van der Waals surface area (Å²) >= 11 is 12.2. The van der Waals surface area contributed by atoms with E-state index >= 15 is 0 Å². The van der Waals surface area contributed by atoms with Gasteiger partial charge in [0.1, 0.15) is 24.8 Å². The molecule has 6 heteroatoms. The second-order valence-corrected chi connectivity index (χ2v) is 4.69. The zero-order valence-electron chi connectivity index (χ0n) is 10.5. The van der Waals surface area contributed by atoms with Crippen LogP contribution in [0.2, 0.25) is 10.0 Å². The smallest absolute Gasteiger partial charge is 0.127 e. The van der Waals surface area contributed by atoms with E-state index < -0.39 is 6.10 Å². The Kier molecular flexibility index (Phi) is 4.95. The van der Waals surface area contributed by atoms with E-state index in [2.05, 4.69) is 16.5 Å². The van der Waals surface area contributed by atoms with Gasteiger partial charge >= 0.3 is 0 Å². The number of nitrogens with zero attached hydrogens (tertiary/aromatic N) is 2. The van der Waals surface area contributed by atoms with E-state index in [0.29, 0.717) is 28.6 Å². The van der Waals surface area contributed by atoms with Crippen molar-refractivity contribution in [2.75, 3.05) is 6.61 Å². The zero-order valence-corrected chi connectivity index (χ0v) is 12.0. The first kappa shape index (κ1) is 14.8. The Balaban J connectivity index is 2.47. The molecule has 1 atom stereocenters. The van der Waals surface area contributed by atoms with Crippen LogP contribution in [0.3, 0.4) is 0 Å². The van der Waals surface area contributed by atoms with Crippen molar-refractivity contribution in [1.29, 1.82) is 0 Å². The fourth-order valence-electron chi connectivity index (χ4n) is 1.69. The minimum absolute atomic E-state index is 0.236. The molecule has 104 valence electrons. The molecule has 0 saturated heterocycles. The summed E-state index contributed by atoms with van der Waals surface area (Å²) in [6.45, 7) is 3.87. The first-order chi connectivity index (χ1) is 9.65. The molecule has 0 aliphatic rings. The van der Waals surface area contributed by atoms with Crippen LogP contribution in [0.5, 0.6) is 5.75 Å². The molecule has 0 saturated carbocycles. The first-order valence-corrected chi connectivity index (χ1v) is 6.56. The summed E-state index contributed by atoms with van der Waals surface area (Å²) < 4.78 is 5.50. The maximum Gasteiger partial charge on any atom is 0.127 e. The lowest BCUT2D eigenvalue weighted by Crippen LogP contribution is -2.07. The molecule has 0 radical (unpaired) electrons. The molecule has 2 rings (SSSR count). The highest BCUT2D eigenvalue weighted by molar-refractivity contribution is 6.42. The lowest BCUT2D eigenvalue weighted by atomic mass is 10.0. The van der Waals surface area contributed by atoms with Crippen LogP contribution in [-0.2, 0) is 0 Å². The molecular formula is C14H12Cl2N2O2. The van der Waals surface area contributed by atoms with Gasteiger partial charge in [-0.05, 0) is 18.2 Å². The van der Waals surface area contributed by atoms with Gasteiger partial charge in [-0.3, -0.25) is 0 Å². The Morgan fingerprint density at radius 3 is 2.80 bits per heavy atom. The highest BCUT2D eigenvalue weighted by atomic mass is 35.5. The summed E-state index contributed by atoms with van der Waals surface area (Å²) in [7, 11) is 0. The third-order valence-corrected chi connectivity index (χ3v) is 3.43. The van der Waals surface area contributed by atoms with Crippen molar-refractivity contribution in [3.8, 4) is 5.75 Å². The van der Waals surface area contributed by atoms with Crippen molar-refractivity contribution in [3.05, 3.63) is 64.7 Å². The largest absolute Gasteiger partial charge is 0.489 e. The third kappa shape index (κ3) is 3.10. The molecular weight excluding hydrogens is 299 g/mol. The Morgan fingerprint density at radius 2 is 2.15 bits per heavy atom. The maximum atomic E-state index is 10.4. The number of hydrogen-bond donors (Lipinski definition) is 1. The number of aliphatic hydroxyl groups is 1. The second-order valence-electron chi connectivity index (χ2n) is 3.91. The highest BCUT2D eigenvalue weighted by Crippen LogP contribution is 2.39. The van der Waals surface area contributed by atoms with Gasteiger partial charge in [0.25, 0.3) is 0 Å². The van der Waals surface area contributed by atoms with Crippen molar-refractivity contribution in [1.82, 2.24) is 9.97 Å². The number of rotatable bonds is 5. The van der Waals surface area contributed by atoms with E-state index in [4.69, 9.17) is 27.9 Å². The normalized spacial score (nSPS) is 11.9. The highest BCUT2D eigenvalue weighted by Gasteiger charge is 2.22. The van der Waals surface area contributed by atoms with Crippen molar-refractivity contribution in [3.63, 3.8) is 0 Å². The lowest BCUT2D eigenvalue weighted by Gasteiger charge is -2.17. The molecule has 2 aromatic rings. The van der Waals surface area contributed by atoms with Gasteiger partial charge < -0.3 is 9.84 Å². The quantitative estimate of drug-likeness (QED) is 0.860. The number of halogens is 2. The van der Waals surface area contributed by atoms with E-state index in [-0.39, 0.29) is 5.02 Å². The molecule has 1 N–H and O–H groups in total. The summed E-state index contributed by atoms with van der Waals surface area (Å²) in [6, 6.07) is 4.86. The number of benzene rings is 1. The van der Waals surface area contributed by atoms with Gasteiger partial charge in [-0.25, -0.2) is 9.97 Å². The van der Waals surface area contributed by atoms with Gasteiger partial charge in [0.05, 0.1) is 15.7 Å². The Morgan fingerprint density at radius 1 is 1.35 bits per heavy atom. The van der Waals surface area contributed by atoms with Crippen LogP contribution in [0.15, 0.2) is 43.4 Å². The molecule has 0 fully saturated rings. The van der Waals surface area contributed by atoms with Crippen molar-refractivity contribution in [2.45, 2.75) is 6.10 Å². The van der Waals surface area contributed by atoms with E-state index in [1.54, 1.807) is 24.3 Å². The van der Waals surface area contributed by atoms with Gasteiger partial charge in [-0.2, -0.15) is 0 Å². The van der Waals surface area contributed by atoms with Gasteiger partial charge in [0, 0.05) is 11.8 Å². The molecule has 20 heavy (non-hydrogen) atoms. The third-order valence-electron chi connectivity index (χ3n) is 2.61. The molecule has 0 amide bonds. The fraction of sp³-hybridized carbons (Fsp3) is 0.143. The molecule has 0 spiro atoms. The van der Waals surface area contributed by atoms with Crippen LogP contribution in [0.1, 0.15) is 17.4 Å². The van der Waals surface area contributed by atoms with Crippen molar-refractivity contribution < 1.29 is 9.84 Å². The molecule has 1 aromatic carbocycles. The minimum Gasteiger partial charge on any atom is -0.489 e. The monoisotopic (exact) mass is 310 g/mol. The number of aliphatic hydroxyl groups excluding tert-OH is 1. The predicted molar refractivity (Wildman–Crippen MR) is 78.2 cm³/mol. The molecule has 1 unspecified atom stereocenters. The van der Waals surface area contributed by atoms with Crippen molar-refractivity contribution in [2.24, 2.45) is 0 Å². The van der Waals surface area contributed by atoms with Gasteiger partial charge in [-0.1, -0.05) is 35.9 Å². The molecule has 0 aliphatic carbocycles. The van der Waals surface area contributed by atoms with Crippen LogP contribution in [0, 0.1) is 0 Å². The van der Waals surface area contributed by atoms with Crippen molar-refractivity contribution >= 4 is 23.2 Å². The number of aromatic nitrogens is 2. The van der Waals surface area contributed by atoms with Gasteiger partial charge in [0.2, 0.25) is 0 Å². The Labute approximate surface area is 126 Å². The number of ether oxygens (including phenoxy) is 1. The summed E-state index contributed by atoms with van der Waals surface area (Å²) in [5, 5.41) is 11.0. The van der Waals surface area contributed by atoms with Crippen LogP contribution < -0.4 is 4.74 Å². The average molecular weight is 311 g/mol. The summed E-state index contributed by atoms with van der Waals surface area (Å²) in [4.78, 5) is 7.82. The number of hydrogen-bond acceptors (Lipinski definition) is 4. The van der Waals surface area contributed by atoms with E-state index in [9.17, 15) is 5.11 Å². The Bertz CT molecular complexity index is 606. The van der Waals surface area contributed by atoms with Gasteiger partial charge in [0.15, 0.2) is 0 Å². The second kappa shape index (κ2) is 6.70. The van der Waals surface area contributed by atoms with E-state index in [1.807, 2.05) is 0 Å². The van der Waals surface area contributed by atoms with Crippen LogP contribution >= 0.6 is 23.2 Å². The SMILES string of the molecule is C=CCOc1ccc(Cl)c(Cl)c1C(O)c1ccncn1. The first-order valence-electron chi connectivity index (χ1n) is 5.80. The van der Waals surface area contributed by atoms with Crippen LogP contribution in [0.25, 0.3) is 0 Å². The van der Waals surface area contributed by atoms with Crippen LogP contribution in [0.4, 0.5) is 0 Å². The Hall–Kier alpha value is -1.62. The zero-order chi connectivity index (χ0) is 14.5. The van der Waals surface area contributed by atoms with E-state index in [1.165, 1.54) is 12.5 Å². The fourth-order valence-corrected chi connectivity index (χ4v) is 2.11.